The van der Waals surface area contributed by atoms with Gasteiger partial charge in [0.05, 0.1) is 21.8 Å². The van der Waals surface area contributed by atoms with E-state index in [0.717, 1.165) is 16.9 Å². The normalized spacial score (nSPS) is 12.7. The van der Waals surface area contributed by atoms with Crippen LogP contribution in [0.4, 0.5) is 11.4 Å². The highest BCUT2D eigenvalue weighted by atomic mass is 28.3. The van der Waals surface area contributed by atoms with E-state index in [0.29, 0.717) is 0 Å². The smallest absolute Gasteiger partial charge is 0.159 e. The summed E-state index contributed by atoms with van der Waals surface area (Å²) in [4.78, 5) is 2.24. The van der Waals surface area contributed by atoms with E-state index in [-0.39, 0.29) is 0 Å². The molecule has 29 heavy (non-hydrogen) atoms. The molecule has 0 N–H and O–H groups in total. The second-order valence-electron chi connectivity index (χ2n) is 10.0. The lowest BCUT2D eigenvalue weighted by Crippen LogP contribution is -2.37. The van der Waals surface area contributed by atoms with E-state index in [1.54, 1.807) is 0 Å². The van der Waals surface area contributed by atoms with E-state index in [1.165, 1.54) is 26.8 Å². The van der Waals surface area contributed by atoms with Crippen molar-refractivity contribution < 1.29 is 4.42 Å². The number of hydrogen-bond acceptors (Lipinski definition) is 2. The van der Waals surface area contributed by atoms with Gasteiger partial charge in [-0.15, -0.1) is 0 Å². The summed E-state index contributed by atoms with van der Waals surface area (Å²) >= 11 is 0. The van der Waals surface area contributed by atoms with Crippen molar-refractivity contribution in [3.05, 3.63) is 60.7 Å². The Bertz CT molecular complexity index is 1180. The van der Waals surface area contributed by atoms with Crippen LogP contribution in [0.1, 0.15) is 0 Å². The predicted octanol–water partition coefficient (Wildman–Crippen LogP) is 6.44. The molecule has 2 nitrogen and oxygen atoms in total. The number of nitrogens with zero attached hydrogens (tertiary/aromatic N) is 1. The highest BCUT2D eigenvalue weighted by molar-refractivity contribution is 6.90. The van der Waals surface area contributed by atoms with Crippen LogP contribution >= 0.6 is 0 Å². The first-order valence-corrected chi connectivity index (χ1v) is 17.4. The molecule has 0 unspecified atom stereocenters. The van der Waals surface area contributed by atoms with Crippen molar-refractivity contribution in [2.75, 3.05) is 11.9 Å². The topological polar surface area (TPSA) is 16.4 Å². The van der Waals surface area contributed by atoms with E-state index < -0.39 is 16.1 Å². The first-order chi connectivity index (χ1) is 13.6. The number of furan rings is 1. The zero-order chi connectivity index (χ0) is 21.0. The molecule has 1 aromatic heterocycles. The quantitative estimate of drug-likeness (QED) is 0.355. The van der Waals surface area contributed by atoms with Crippen molar-refractivity contribution in [2.45, 2.75) is 39.3 Å². The molecule has 150 valence electrons. The molecule has 4 aromatic rings. The van der Waals surface area contributed by atoms with Gasteiger partial charge in [-0.1, -0.05) is 86.9 Å². The van der Waals surface area contributed by atoms with Crippen molar-refractivity contribution in [3.63, 3.8) is 0 Å². The first kappa shape index (κ1) is 20.0. The van der Waals surface area contributed by atoms with Gasteiger partial charge < -0.3 is 9.32 Å². The average Bonchev–Trinajstić information content (AvgIpc) is 3.04. The van der Waals surface area contributed by atoms with Gasteiger partial charge in [-0.3, -0.25) is 0 Å². The van der Waals surface area contributed by atoms with Gasteiger partial charge >= 0.3 is 0 Å². The fourth-order valence-electron chi connectivity index (χ4n) is 3.98. The summed E-state index contributed by atoms with van der Waals surface area (Å²) in [6.07, 6.45) is 0. The van der Waals surface area contributed by atoms with Crippen molar-refractivity contribution in [2.24, 2.45) is 0 Å². The molecule has 0 saturated carbocycles. The number of benzene rings is 3. The Morgan fingerprint density at radius 2 is 1.24 bits per heavy atom. The van der Waals surface area contributed by atoms with E-state index >= 15 is 0 Å². The lowest BCUT2D eigenvalue weighted by Gasteiger charge is -2.22. The Morgan fingerprint density at radius 3 is 1.83 bits per heavy atom. The lowest BCUT2D eigenvalue weighted by molar-refractivity contribution is 0.671. The van der Waals surface area contributed by atoms with Gasteiger partial charge in [0.15, 0.2) is 5.58 Å². The van der Waals surface area contributed by atoms with Crippen LogP contribution in [0.5, 0.6) is 0 Å². The number of para-hydroxylation sites is 2. The van der Waals surface area contributed by atoms with Crippen LogP contribution in [-0.4, -0.2) is 23.2 Å². The minimum atomic E-state index is -1.50. The van der Waals surface area contributed by atoms with Crippen molar-refractivity contribution in [3.8, 4) is 0 Å². The third-order valence-corrected chi connectivity index (χ3v) is 9.87. The number of fused-ring (bicyclic) bond motifs is 3. The fraction of sp³-hybridized carbons (Fsp3) is 0.280. The van der Waals surface area contributed by atoms with Crippen molar-refractivity contribution >= 4 is 59.8 Å². The Kier molecular flexibility index (Phi) is 4.75. The fourth-order valence-corrected chi connectivity index (χ4v) is 6.61. The summed E-state index contributed by atoms with van der Waals surface area (Å²) < 4.78 is 6.56. The van der Waals surface area contributed by atoms with E-state index in [9.17, 15) is 0 Å². The van der Waals surface area contributed by atoms with Crippen LogP contribution in [0.3, 0.4) is 0 Å². The summed E-state index contributed by atoms with van der Waals surface area (Å²) in [6.45, 7) is 14.3. The predicted molar refractivity (Wildman–Crippen MR) is 134 cm³/mol. The molecule has 0 saturated heterocycles. The number of hydrogen-bond donors (Lipinski definition) is 0. The monoisotopic (exact) mass is 417 g/mol. The Balaban J connectivity index is 1.86. The van der Waals surface area contributed by atoms with E-state index in [2.05, 4.69) is 112 Å². The van der Waals surface area contributed by atoms with Crippen LogP contribution < -0.4 is 15.3 Å². The maximum absolute atomic E-state index is 6.56. The van der Waals surface area contributed by atoms with Gasteiger partial charge in [-0.25, -0.2) is 0 Å². The van der Waals surface area contributed by atoms with E-state index in [4.69, 9.17) is 4.42 Å². The minimum Gasteiger partial charge on any atom is -0.454 e. The average molecular weight is 418 g/mol. The summed E-state index contributed by atoms with van der Waals surface area (Å²) in [5.74, 6) is 0. The second-order valence-corrected chi connectivity index (χ2v) is 20.2. The molecule has 0 fully saturated rings. The van der Waals surface area contributed by atoms with Crippen LogP contribution in [0.15, 0.2) is 65.1 Å². The molecule has 0 radical (unpaired) electrons. The molecule has 0 bridgehead atoms. The molecule has 0 atom stereocenters. The maximum Gasteiger partial charge on any atom is 0.159 e. The largest absolute Gasteiger partial charge is 0.454 e. The van der Waals surface area contributed by atoms with Crippen LogP contribution in [0.25, 0.3) is 21.9 Å². The van der Waals surface area contributed by atoms with Crippen molar-refractivity contribution in [1.29, 1.82) is 0 Å². The Morgan fingerprint density at radius 1 is 0.655 bits per heavy atom. The number of anilines is 2. The van der Waals surface area contributed by atoms with Gasteiger partial charge in [-0.2, -0.15) is 0 Å². The van der Waals surface area contributed by atoms with Crippen LogP contribution in [-0.2, 0) is 0 Å². The molecule has 4 rings (SSSR count). The molecule has 0 spiro atoms. The minimum absolute atomic E-state index is 0.977. The highest BCUT2D eigenvalue weighted by Crippen LogP contribution is 2.37. The summed E-state index contributed by atoms with van der Waals surface area (Å²) in [7, 11) is -0.661. The standard InChI is InChI=1S/C25H31NOSi2/c1-26(18-14-16-19(17-15-18)28(2,3)4)22-12-8-10-20-21-11-9-13-23(29(5,6)7)25(21)27-24(20)22/h8-17H,1-7H3. The molecule has 3 aromatic carbocycles. The highest BCUT2D eigenvalue weighted by Gasteiger charge is 2.23. The SMILES string of the molecule is CN(c1ccc([Si](C)(C)C)cc1)c1cccc2c1oc1c([Si](C)(C)C)cccc12. The summed E-state index contributed by atoms with van der Waals surface area (Å²) in [5.41, 5.74) is 4.34. The Labute approximate surface area is 176 Å². The van der Waals surface area contributed by atoms with Gasteiger partial charge in [0.25, 0.3) is 0 Å². The van der Waals surface area contributed by atoms with E-state index in [1.807, 2.05) is 0 Å². The summed E-state index contributed by atoms with van der Waals surface area (Å²) in [5, 5.41) is 5.29. The Hall–Kier alpha value is -2.31. The van der Waals surface area contributed by atoms with Gasteiger partial charge in [0.1, 0.15) is 5.58 Å². The number of rotatable bonds is 4. The maximum atomic E-state index is 6.56. The third-order valence-electron chi connectivity index (χ3n) is 5.79. The first-order valence-electron chi connectivity index (χ1n) is 10.4. The molecule has 0 aliphatic heterocycles. The molecular formula is C25H31NOSi2. The molecular weight excluding hydrogens is 386 g/mol. The zero-order valence-electron chi connectivity index (χ0n) is 18.6. The van der Waals surface area contributed by atoms with Gasteiger partial charge in [-0.05, 0) is 23.4 Å². The second kappa shape index (κ2) is 6.89. The van der Waals surface area contributed by atoms with Gasteiger partial charge in [0, 0.05) is 23.5 Å². The summed E-state index contributed by atoms with van der Waals surface area (Å²) in [6, 6.07) is 22.2. The van der Waals surface area contributed by atoms with Crippen molar-refractivity contribution in [1.82, 2.24) is 0 Å². The van der Waals surface area contributed by atoms with Gasteiger partial charge in [0.2, 0.25) is 0 Å². The third kappa shape index (κ3) is 3.56. The van der Waals surface area contributed by atoms with Crippen LogP contribution in [0.2, 0.25) is 39.3 Å². The molecule has 4 heteroatoms. The molecule has 1 heterocycles. The molecule has 0 aliphatic carbocycles. The lowest BCUT2D eigenvalue weighted by atomic mass is 10.1. The molecule has 0 aliphatic rings. The van der Waals surface area contributed by atoms with Crippen LogP contribution in [0, 0.1) is 0 Å². The zero-order valence-corrected chi connectivity index (χ0v) is 20.6. The molecule has 0 amide bonds.